The number of rotatable bonds is 2. The molecule has 1 aliphatic carbocycles. The van der Waals surface area contributed by atoms with Crippen LogP contribution in [0.5, 0.6) is 0 Å². The smallest absolute Gasteiger partial charge is 0.0544 e. The van der Waals surface area contributed by atoms with Crippen LogP contribution in [-0.2, 0) is 6.42 Å². The van der Waals surface area contributed by atoms with Gasteiger partial charge in [-0.1, -0.05) is 64.5 Å². The van der Waals surface area contributed by atoms with Crippen molar-refractivity contribution in [2.75, 3.05) is 0 Å². The summed E-state index contributed by atoms with van der Waals surface area (Å²) >= 11 is 3.61. The molecule has 0 nitrogen and oxygen atoms in total. The molecule has 0 spiro atoms. The van der Waals surface area contributed by atoms with Crippen LogP contribution < -0.4 is 0 Å². The second kappa shape index (κ2) is 3.93. The van der Waals surface area contributed by atoms with Crippen LogP contribution in [0.2, 0.25) is 0 Å². The Morgan fingerprint density at radius 1 is 1.15 bits per heavy atom. The second-order valence-corrected chi connectivity index (χ2v) is 4.18. The van der Waals surface area contributed by atoms with E-state index in [0.29, 0.717) is 4.83 Å². The van der Waals surface area contributed by atoms with Gasteiger partial charge in [0.05, 0.1) is 4.83 Å². The molecule has 66 valence electrons. The highest BCUT2D eigenvalue weighted by Crippen LogP contribution is 2.23. The quantitative estimate of drug-likeness (QED) is 0.688. The van der Waals surface area contributed by atoms with E-state index in [9.17, 15) is 0 Å². The van der Waals surface area contributed by atoms with Crippen molar-refractivity contribution in [3.8, 4) is 0 Å². The number of benzene rings is 1. The Morgan fingerprint density at radius 3 is 2.54 bits per heavy atom. The summed E-state index contributed by atoms with van der Waals surface area (Å²) in [5.41, 5.74) is 2.81. The van der Waals surface area contributed by atoms with Crippen LogP contribution in [0.15, 0.2) is 54.1 Å². The van der Waals surface area contributed by atoms with Crippen molar-refractivity contribution < 1.29 is 0 Å². The van der Waals surface area contributed by atoms with Gasteiger partial charge in [0.25, 0.3) is 0 Å². The van der Waals surface area contributed by atoms with Crippen molar-refractivity contribution in [3.63, 3.8) is 0 Å². The topological polar surface area (TPSA) is 0 Å². The van der Waals surface area contributed by atoms with Crippen LogP contribution in [0, 0.1) is 0 Å². The predicted molar refractivity (Wildman–Crippen MR) is 60.1 cm³/mol. The van der Waals surface area contributed by atoms with Gasteiger partial charge in [-0.25, -0.2) is 0 Å². The second-order valence-electron chi connectivity index (χ2n) is 3.19. The predicted octanol–water partition coefficient (Wildman–Crippen LogP) is 3.49. The van der Waals surface area contributed by atoms with Crippen molar-refractivity contribution in [1.82, 2.24) is 0 Å². The lowest BCUT2D eigenvalue weighted by Gasteiger charge is -2.06. The van der Waals surface area contributed by atoms with Gasteiger partial charge in [0.1, 0.15) is 0 Å². The molecule has 1 unspecified atom stereocenters. The average Bonchev–Trinajstić information content (AvgIpc) is 2.54. The Hall–Kier alpha value is -0.820. The Morgan fingerprint density at radius 2 is 1.92 bits per heavy atom. The zero-order valence-corrected chi connectivity index (χ0v) is 8.87. The van der Waals surface area contributed by atoms with Crippen molar-refractivity contribution >= 4 is 15.9 Å². The molecule has 0 heterocycles. The summed E-state index contributed by atoms with van der Waals surface area (Å²) in [7, 11) is 0. The minimum Gasteiger partial charge on any atom is -0.0796 e. The lowest BCUT2D eigenvalue weighted by molar-refractivity contribution is 1.11. The summed E-state index contributed by atoms with van der Waals surface area (Å²) in [5.74, 6) is 0. The molecule has 0 fully saturated rings. The third-order valence-corrected chi connectivity index (χ3v) is 3.09. The highest BCUT2D eigenvalue weighted by Gasteiger charge is 2.10. The van der Waals surface area contributed by atoms with E-state index in [0.717, 1.165) is 6.42 Å². The maximum Gasteiger partial charge on any atom is 0.0544 e. The number of hydrogen-bond donors (Lipinski definition) is 0. The van der Waals surface area contributed by atoms with Gasteiger partial charge in [-0.15, -0.1) is 0 Å². The zero-order chi connectivity index (χ0) is 9.10. The minimum absolute atomic E-state index is 0.438. The first-order valence-electron chi connectivity index (χ1n) is 4.41. The molecule has 0 saturated carbocycles. The molecule has 0 aromatic heterocycles. The maximum atomic E-state index is 3.61. The fraction of sp³-hybridized carbons (Fsp3) is 0.167. The van der Waals surface area contributed by atoms with Crippen LogP contribution in [0.25, 0.3) is 0 Å². The van der Waals surface area contributed by atoms with Gasteiger partial charge >= 0.3 is 0 Å². The summed E-state index contributed by atoms with van der Waals surface area (Å²) in [6, 6.07) is 10.6. The third-order valence-electron chi connectivity index (χ3n) is 2.20. The van der Waals surface area contributed by atoms with Crippen LogP contribution in [0.4, 0.5) is 0 Å². The van der Waals surface area contributed by atoms with E-state index in [2.05, 4.69) is 64.5 Å². The number of halogens is 1. The number of hydrogen-bond acceptors (Lipinski definition) is 0. The molecule has 0 N–H and O–H groups in total. The molecule has 1 aliphatic rings. The van der Waals surface area contributed by atoms with Gasteiger partial charge in [0.2, 0.25) is 0 Å². The first-order valence-corrected chi connectivity index (χ1v) is 5.33. The molecule has 2 rings (SSSR count). The molecule has 0 aliphatic heterocycles. The Kier molecular flexibility index (Phi) is 2.65. The van der Waals surface area contributed by atoms with Gasteiger partial charge in [-0.05, 0) is 17.6 Å². The first kappa shape index (κ1) is 8.76. The van der Waals surface area contributed by atoms with Crippen LogP contribution in [0.3, 0.4) is 0 Å². The lowest BCUT2D eigenvalue weighted by Crippen LogP contribution is -1.98. The summed E-state index contributed by atoms with van der Waals surface area (Å²) in [6.07, 6.45) is 7.51. The summed E-state index contributed by atoms with van der Waals surface area (Å²) in [4.78, 5) is 0.438. The molecule has 1 atom stereocenters. The fourth-order valence-electron chi connectivity index (χ4n) is 1.48. The van der Waals surface area contributed by atoms with Gasteiger partial charge in [0, 0.05) is 0 Å². The summed E-state index contributed by atoms with van der Waals surface area (Å²) in [5, 5.41) is 0. The van der Waals surface area contributed by atoms with E-state index in [1.165, 1.54) is 11.1 Å². The van der Waals surface area contributed by atoms with Crippen LogP contribution in [-0.4, -0.2) is 4.83 Å². The maximum absolute atomic E-state index is 3.61. The van der Waals surface area contributed by atoms with Crippen LogP contribution >= 0.6 is 15.9 Å². The SMILES string of the molecule is BrC1C=CC=C1Cc1ccccc1. The average molecular weight is 235 g/mol. The molecular formula is C12H11Br. The highest BCUT2D eigenvalue weighted by molar-refractivity contribution is 9.09. The molecule has 1 aromatic rings. The Bertz CT molecular complexity index is 335. The summed E-state index contributed by atoms with van der Waals surface area (Å²) < 4.78 is 0. The van der Waals surface area contributed by atoms with E-state index in [-0.39, 0.29) is 0 Å². The molecule has 0 amide bonds. The van der Waals surface area contributed by atoms with Crippen molar-refractivity contribution in [2.24, 2.45) is 0 Å². The standard InChI is InChI=1S/C12H11Br/c13-12-8-4-7-11(12)9-10-5-2-1-3-6-10/h1-8,12H,9H2. The van der Waals surface area contributed by atoms with E-state index in [1.54, 1.807) is 0 Å². The van der Waals surface area contributed by atoms with Gasteiger partial charge in [-0.3, -0.25) is 0 Å². The highest BCUT2D eigenvalue weighted by atomic mass is 79.9. The minimum atomic E-state index is 0.438. The van der Waals surface area contributed by atoms with E-state index in [1.807, 2.05) is 0 Å². The number of alkyl halides is 1. The number of allylic oxidation sites excluding steroid dienone is 4. The molecule has 0 bridgehead atoms. The molecule has 1 heteroatoms. The zero-order valence-electron chi connectivity index (χ0n) is 7.28. The Labute approximate surface area is 87.1 Å². The fourth-order valence-corrected chi connectivity index (χ4v) is 1.97. The van der Waals surface area contributed by atoms with Gasteiger partial charge in [0.15, 0.2) is 0 Å². The van der Waals surface area contributed by atoms with Crippen molar-refractivity contribution in [2.45, 2.75) is 11.2 Å². The van der Waals surface area contributed by atoms with Gasteiger partial charge in [-0.2, -0.15) is 0 Å². The monoisotopic (exact) mass is 234 g/mol. The molecular weight excluding hydrogens is 224 g/mol. The van der Waals surface area contributed by atoms with Crippen molar-refractivity contribution in [3.05, 3.63) is 59.7 Å². The molecule has 0 saturated heterocycles. The normalized spacial score (nSPS) is 20.4. The summed E-state index contributed by atoms with van der Waals surface area (Å²) in [6.45, 7) is 0. The Balaban J connectivity index is 2.08. The molecule has 1 aromatic carbocycles. The van der Waals surface area contributed by atoms with Crippen molar-refractivity contribution in [1.29, 1.82) is 0 Å². The van der Waals surface area contributed by atoms with E-state index < -0.39 is 0 Å². The van der Waals surface area contributed by atoms with E-state index in [4.69, 9.17) is 0 Å². The van der Waals surface area contributed by atoms with Crippen LogP contribution in [0.1, 0.15) is 5.56 Å². The molecule has 13 heavy (non-hydrogen) atoms. The molecule has 0 radical (unpaired) electrons. The lowest BCUT2D eigenvalue weighted by atomic mass is 10.0. The van der Waals surface area contributed by atoms with Gasteiger partial charge < -0.3 is 0 Å². The third kappa shape index (κ3) is 2.10. The first-order chi connectivity index (χ1) is 6.36. The van der Waals surface area contributed by atoms with E-state index >= 15 is 0 Å². The largest absolute Gasteiger partial charge is 0.0796 e.